The zero-order chi connectivity index (χ0) is 23.3. The van der Waals surface area contributed by atoms with Crippen LogP contribution in [0.4, 0.5) is 5.00 Å². The van der Waals surface area contributed by atoms with Gasteiger partial charge in [0.15, 0.2) is 0 Å². The summed E-state index contributed by atoms with van der Waals surface area (Å²) in [6.07, 6.45) is 7.20. The molecule has 1 fully saturated rings. The number of nitrogens with one attached hydrogen (secondary N) is 1. The fourth-order valence-corrected chi connectivity index (χ4v) is 5.48. The average Bonchev–Trinajstić information content (AvgIpc) is 3.37. The number of hydrogen-bond donors (Lipinski definition) is 1. The van der Waals surface area contributed by atoms with Crippen molar-refractivity contribution in [3.63, 3.8) is 0 Å². The smallest absolute Gasteiger partial charge is 0.341 e. The molecule has 0 unspecified atom stereocenters. The van der Waals surface area contributed by atoms with Gasteiger partial charge in [-0.1, -0.05) is 77.6 Å². The Morgan fingerprint density at radius 3 is 2.38 bits per heavy atom. The summed E-state index contributed by atoms with van der Waals surface area (Å²) in [5.74, 6) is 0.284. The van der Waals surface area contributed by atoms with Crippen LogP contribution in [0.25, 0.3) is 11.1 Å². The summed E-state index contributed by atoms with van der Waals surface area (Å²) in [5, 5.41) is 3.64. The fourth-order valence-electron chi connectivity index (χ4n) is 4.40. The summed E-state index contributed by atoms with van der Waals surface area (Å²) >= 11 is 1.46. The monoisotopic (exact) mass is 455 g/mol. The number of esters is 1. The van der Waals surface area contributed by atoms with Crippen molar-refractivity contribution in [1.82, 2.24) is 0 Å². The van der Waals surface area contributed by atoms with Crippen LogP contribution in [0.2, 0.25) is 0 Å². The predicted molar refractivity (Wildman–Crippen MR) is 134 cm³/mol. The predicted octanol–water partition coefficient (Wildman–Crippen LogP) is 7.50. The number of thiophene rings is 1. The molecule has 1 N–H and O–H groups in total. The number of carbonyl (C=O) groups is 2. The standard InChI is InChI=1S/C27H37NO3S/c1-6-17-31-26(30)24-23(20-12-14-21(15-13-20)27(3,4)5)18(2)32-25(24)28-22(29)16-11-19-9-7-8-10-19/h12-15,19H,6-11,16-17H2,1-5H3,(H,28,29). The van der Waals surface area contributed by atoms with E-state index in [1.165, 1.54) is 42.6 Å². The molecule has 1 heterocycles. The molecular weight excluding hydrogens is 418 g/mol. The van der Waals surface area contributed by atoms with Crippen LogP contribution in [0.15, 0.2) is 24.3 Å². The van der Waals surface area contributed by atoms with Crippen LogP contribution in [0, 0.1) is 12.8 Å². The van der Waals surface area contributed by atoms with Crippen LogP contribution in [-0.2, 0) is 14.9 Å². The lowest BCUT2D eigenvalue weighted by molar-refractivity contribution is -0.116. The minimum Gasteiger partial charge on any atom is -0.462 e. The van der Waals surface area contributed by atoms with E-state index in [4.69, 9.17) is 4.74 Å². The molecule has 1 aromatic carbocycles. The Hall–Kier alpha value is -2.14. The van der Waals surface area contributed by atoms with Crippen molar-refractivity contribution in [3.8, 4) is 11.1 Å². The Kier molecular flexibility index (Phi) is 8.16. The normalized spacial score (nSPS) is 14.5. The summed E-state index contributed by atoms with van der Waals surface area (Å²) in [6.45, 7) is 10.9. The van der Waals surface area contributed by atoms with Gasteiger partial charge in [-0.05, 0) is 42.2 Å². The third-order valence-electron chi connectivity index (χ3n) is 6.27. The molecule has 0 bridgehead atoms. The molecule has 2 aromatic rings. The molecule has 1 aromatic heterocycles. The maximum absolute atomic E-state index is 13.0. The van der Waals surface area contributed by atoms with Gasteiger partial charge in [-0.25, -0.2) is 4.79 Å². The largest absolute Gasteiger partial charge is 0.462 e. The Morgan fingerprint density at radius 2 is 1.78 bits per heavy atom. The van der Waals surface area contributed by atoms with Gasteiger partial charge in [0.1, 0.15) is 10.6 Å². The van der Waals surface area contributed by atoms with Gasteiger partial charge in [-0.15, -0.1) is 11.3 Å². The number of benzene rings is 1. The van der Waals surface area contributed by atoms with E-state index in [9.17, 15) is 9.59 Å². The average molecular weight is 456 g/mol. The molecule has 0 spiro atoms. The van der Waals surface area contributed by atoms with Crippen LogP contribution in [0.3, 0.4) is 0 Å². The van der Waals surface area contributed by atoms with Crippen LogP contribution in [0.1, 0.15) is 93.4 Å². The lowest BCUT2D eigenvalue weighted by Crippen LogP contribution is -2.15. The topological polar surface area (TPSA) is 55.4 Å². The molecule has 1 saturated carbocycles. The highest BCUT2D eigenvalue weighted by molar-refractivity contribution is 7.17. The molecule has 0 radical (unpaired) electrons. The minimum absolute atomic E-state index is 0.0164. The van der Waals surface area contributed by atoms with Gasteiger partial charge in [0.2, 0.25) is 5.91 Å². The molecular formula is C27H37NO3S. The maximum atomic E-state index is 13.0. The van der Waals surface area contributed by atoms with E-state index in [0.717, 1.165) is 28.8 Å². The maximum Gasteiger partial charge on any atom is 0.341 e. The van der Waals surface area contributed by atoms with Gasteiger partial charge < -0.3 is 10.1 Å². The molecule has 4 nitrogen and oxygen atoms in total. The summed E-state index contributed by atoms with van der Waals surface area (Å²) in [7, 11) is 0. The molecule has 1 amide bonds. The van der Waals surface area contributed by atoms with Gasteiger partial charge in [0, 0.05) is 16.9 Å². The van der Waals surface area contributed by atoms with Crippen LogP contribution < -0.4 is 5.32 Å². The van der Waals surface area contributed by atoms with Gasteiger partial charge >= 0.3 is 5.97 Å². The second-order valence-electron chi connectivity index (χ2n) is 9.94. The van der Waals surface area contributed by atoms with Gasteiger partial charge in [0.25, 0.3) is 0 Å². The van der Waals surface area contributed by atoms with E-state index in [0.29, 0.717) is 29.5 Å². The molecule has 1 aliphatic rings. The summed E-state index contributed by atoms with van der Waals surface area (Å²) in [4.78, 5) is 26.8. The van der Waals surface area contributed by atoms with Crippen LogP contribution in [-0.4, -0.2) is 18.5 Å². The van der Waals surface area contributed by atoms with Crippen molar-refractivity contribution >= 4 is 28.2 Å². The number of rotatable bonds is 8. The zero-order valence-corrected chi connectivity index (χ0v) is 21.0. The summed E-state index contributed by atoms with van der Waals surface area (Å²) < 4.78 is 5.51. The molecule has 32 heavy (non-hydrogen) atoms. The summed E-state index contributed by atoms with van der Waals surface area (Å²) in [5.41, 5.74) is 3.62. The van der Waals surface area contributed by atoms with Crippen molar-refractivity contribution in [2.24, 2.45) is 5.92 Å². The second kappa shape index (κ2) is 10.7. The van der Waals surface area contributed by atoms with E-state index in [1.807, 2.05) is 13.8 Å². The Labute approximate surface area is 196 Å². The first-order valence-corrected chi connectivity index (χ1v) is 12.7. The quantitative estimate of drug-likeness (QED) is 0.419. The highest BCUT2D eigenvalue weighted by Gasteiger charge is 2.26. The van der Waals surface area contributed by atoms with E-state index in [1.54, 1.807) is 0 Å². The van der Waals surface area contributed by atoms with Gasteiger partial charge in [-0.3, -0.25) is 4.79 Å². The van der Waals surface area contributed by atoms with Crippen LogP contribution >= 0.6 is 11.3 Å². The number of ether oxygens (including phenoxy) is 1. The molecule has 174 valence electrons. The highest BCUT2D eigenvalue weighted by atomic mass is 32.1. The number of aryl methyl sites for hydroxylation is 1. The first kappa shape index (κ1) is 24.5. The van der Waals surface area contributed by atoms with Crippen LogP contribution in [0.5, 0.6) is 0 Å². The zero-order valence-electron chi connectivity index (χ0n) is 20.2. The first-order chi connectivity index (χ1) is 15.2. The SMILES string of the molecule is CCCOC(=O)c1c(NC(=O)CCC2CCCC2)sc(C)c1-c1ccc(C(C)(C)C)cc1. The van der Waals surface area contributed by atoms with Gasteiger partial charge in [-0.2, -0.15) is 0 Å². The Balaban J connectivity index is 1.88. The third-order valence-corrected chi connectivity index (χ3v) is 7.29. The molecule has 0 atom stereocenters. The third kappa shape index (κ3) is 6.00. The number of carbonyl (C=O) groups excluding carboxylic acids is 2. The van der Waals surface area contributed by atoms with E-state index in [2.05, 4.69) is 50.4 Å². The van der Waals surface area contributed by atoms with E-state index >= 15 is 0 Å². The summed E-state index contributed by atoms with van der Waals surface area (Å²) in [6, 6.07) is 8.37. The Morgan fingerprint density at radius 1 is 1.12 bits per heavy atom. The number of amides is 1. The lowest BCUT2D eigenvalue weighted by Gasteiger charge is -2.19. The number of anilines is 1. The first-order valence-electron chi connectivity index (χ1n) is 11.9. The van der Waals surface area contributed by atoms with Crippen molar-refractivity contribution in [2.75, 3.05) is 11.9 Å². The van der Waals surface area contributed by atoms with E-state index in [-0.39, 0.29) is 17.3 Å². The molecule has 0 saturated heterocycles. The highest BCUT2D eigenvalue weighted by Crippen LogP contribution is 2.41. The van der Waals surface area contributed by atoms with Crippen molar-refractivity contribution in [1.29, 1.82) is 0 Å². The van der Waals surface area contributed by atoms with Gasteiger partial charge in [0.05, 0.1) is 6.61 Å². The van der Waals surface area contributed by atoms with Crippen molar-refractivity contribution in [3.05, 3.63) is 40.3 Å². The fraction of sp³-hybridized carbons (Fsp3) is 0.556. The molecule has 0 aliphatic heterocycles. The molecule has 5 heteroatoms. The van der Waals surface area contributed by atoms with E-state index < -0.39 is 0 Å². The molecule has 1 aliphatic carbocycles. The number of hydrogen-bond acceptors (Lipinski definition) is 4. The molecule has 3 rings (SSSR count). The Bertz CT molecular complexity index is 931. The lowest BCUT2D eigenvalue weighted by atomic mass is 9.86. The van der Waals surface area contributed by atoms with Crippen molar-refractivity contribution in [2.45, 2.75) is 85.0 Å². The second-order valence-corrected chi connectivity index (χ2v) is 11.2. The van der Waals surface area contributed by atoms with Crippen molar-refractivity contribution < 1.29 is 14.3 Å². The minimum atomic E-state index is -0.364.